The van der Waals surface area contributed by atoms with E-state index < -0.39 is 0 Å². The van der Waals surface area contributed by atoms with Gasteiger partial charge in [0.2, 0.25) is 0 Å². The topological polar surface area (TPSA) is 12.0 Å². The molecule has 2 atom stereocenters. The Morgan fingerprint density at radius 2 is 2.00 bits per heavy atom. The van der Waals surface area contributed by atoms with Crippen molar-refractivity contribution in [2.24, 2.45) is 0 Å². The molecule has 0 saturated carbocycles. The first-order valence-corrected chi connectivity index (χ1v) is 7.79. The number of benzene rings is 1. The molecule has 0 radical (unpaired) electrons. The van der Waals surface area contributed by atoms with Crippen LogP contribution in [0.15, 0.2) is 30.3 Å². The predicted molar refractivity (Wildman–Crippen MR) is 82.6 cm³/mol. The minimum atomic E-state index is 0.595. The zero-order valence-electron chi connectivity index (χ0n) is 11.6. The minimum Gasteiger partial charge on any atom is -0.313 e. The van der Waals surface area contributed by atoms with Crippen molar-refractivity contribution in [1.82, 2.24) is 5.32 Å². The van der Waals surface area contributed by atoms with Crippen molar-refractivity contribution in [3.8, 4) is 0 Å². The van der Waals surface area contributed by atoms with E-state index in [1.165, 1.54) is 27.8 Å². The zero-order valence-corrected chi connectivity index (χ0v) is 12.4. The first-order chi connectivity index (χ1) is 8.76. The van der Waals surface area contributed by atoms with E-state index in [2.05, 4.69) is 56.4 Å². The normalized spacial score (nSPS) is 14.8. The summed E-state index contributed by atoms with van der Waals surface area (Å²) >= 11 is 1.94. The largest absolute Gasteiger partial charge is 0.313 e. The fraction of sp³-hybridized carbons (Fsp3) is 0.500. The van der Waals surface area contributed by atoms with Gasteiger partial charge in [-0.05, 0) is 36.9 Å². The summed E-state index contributed by atoms with van der Waals surface area (Å²) < 4.78 is 1.41. The molecule has 0 fully saturated rings. The Labute approximate surface area is 114 Å². The number of rotatable bonds is 6. The molecule has 0 bridgehead atoms. The van der Waals surface area contributed by atoms with Crippen LogP contribution in [0, 0.1) is 0 Å². The van der Waals surface area contributed by atoms with Gasteiger partial charge in [-0.25, -0.2) is 0 Å². The number of fused-ring (bicyclic) bond motifs is 1. The zero-order chi connectivity index (χ0) is 13.0. The third-order valence-electron chi connectivity index (χ3n) is 3.59. The van der Waals surface area contributed by atoms with E-state index in [9.17, 15) is 0 Å². The van der Waals surface area contributed by atoms with Crippen LogP contribution >= 0.6 is 11.3 Å². The highest BCUT2D eigenvalue weighted by molar-refractivity contribution is 7.19. The van der Waals surface area contributed by atoms with E-state index >= 15 is 0 Å². The van der Waals surface area contributed by atoms with Gasteiger partial charge in [-0.2, -0.15) is 0 Å². The Hall–Kier alpha value is -0.860. The summed E-state index contributed by atoms with van der Waals surface area (Å²) in [6, 6.07) is 11.6. The lowest BCUT2D eigenvalue weighted by molar-refractivity contribution is 0.442. The first-order valence-electron chi connectivity index (χ1n) is 6.98. The van der Waals surface area contributed by atoms with Gasteiger partial charge in [-0.3, -0.25) is 0 Å². The molecule has 1 N–H and O–H groups in total. The van der Waals surface area contributed by atoms with Gasteiger partial charge in [0.25, 0.3) is 0 Å². The molecule has 0 aliphatic rings. The maximum Gasteiger partial charge on any atom is 0.0345 e. The predicted octanol–water partition coefficient (Wildman–Crippen LogP) is 4.78. The Kier molecular flexibility index (Phi) is 4.79. The molecule has 98 valence electrons. The number of thiophene rings is 1. The maximum absolute atomic E-state index is 3.67. The van der Waals surface area contributed by atoms with Crippen LogP contribution in [0.3, 0.4) is 0 Å². The van der Waals surface area contributed by atoms with Crippen molar-refractivity contribution in [1.29, 1.82) is 0 Å². The van der Waals surface area contributed by atoms with Crippen LogP contribution in [0.2, 0.25) is 0 Å². The molecule has 18 heavy (non-hydrogen) atoms. The molecule has 1 nitrogen and oxygen atoms in total. The van der Waals surface area contributed by atoms with Crippen LogP contribution in [-0.2, 0) is 0 Å². The van der Waals surface area contributed by atoms with Crippen LogP contribution in [0.1, 0.15) is 44.4 Å². The lowest BCUT2D eigenvalue weighted by atomic mass is 9.97. The van der Waals surface area contributed by atoms with E-state index in [-0.39, 0.29) is 0 Å². The van der Waals surface area contributed by atoms with Crippen molar-refractivity contribution >= 4 is 21.4 Å². The van der Waals surface area contributed by atoms with Gasteiger partial charge in [0.15, 0.2) is 0 Å². The molecule has 0 aliphatic heterocycles. The van der Waals surface area contributed by atoms with Crippen molar-refractivity contribution < 1.29 is 0 Å². The lowest BCUT2D eigenvalue weighted by Gasteiger charge is -2.23. The van der Waals surface area contributed by atoms with Crippen LogP contribution in [0.5, 0.6) is 0 Å². The molecule has 0 spiro atoms. The number of hydrogen-bond acceptors (Lipinski definition) is 2. The van der Waals surface area contributed by atoms with Gasteiger partial charge in [0.05, 0.1) is 0 Å². The number of hydrogen-bond donors (Lipinski definition) is 1. The highest BCUT2D eigenvalue weighted by Crippen LogP contribution is 2.32. The molecule has 0 saturated heterocycles. The molecule has 0 amide bonds. The molecule has 0 aliphatic carbocycles. The average molecular weight is 261 g/mol. The molecule has 1 aromatic heterocycles. The SMILES string of the molecule is CCCNC(CC)C(C)c1cc2ccccc2s1. The lowest BCUT2D eigenvalue weighted by Crippen LogP contribution is -2.33. The Balaban J connectivity index is 2.18. The van der Waals surface area contributed by atoms with Gasteiger partial charge in [-0.15, -0.1) is 11.3 Å². The smallest absolute Gasteiger partial charge is 0.0345 e. The number of nitrogens with one attached hydrogen (secondary N) is 1. The fourth-order valence-corrected chi connectivity index (χ4v) is 3.61. The van der Waals surface area contributed by atoms with Crippen molar-refractivity contribution in [3.63, 3.8) is 0 Å². The quantitative estimate of drug-likeness (QED) is 0.789. The van der Waals surface area contributed by atoms with Crippen molar-refractivity contribution in [2.75, 3.05) is 6.54 Å². The second-order valence-electron chi connectivity index (χ2n) is 4.94. The summed E-state index contributed by atoms with van der Waals surface area (Å²) in [5.41, 5.74) is 0. The second kappa shape index (κ2) is 6.35. The third kappa shape index (κ3) is 2.93. The summed E-state index contributed by atoms with van der Waals surface area (Å²) in [5.74, 6) is 0.596. The molecule has 2 heteroatoms. The van der Waals surface area contributed by atoms with Crippen molar-refractivity contribution in [3.05, 3.63) is 35.2 Å². The molecular formula is C16H23NS. The first kappa shape index (κ1) is 13.6. The van der Waals surface area contributed by atoms with Crippen LogP contribution in [-0.4, -0.2) is 12.6 Å². The van der Waals surface area contributed by atoms with Gasteiger partial charge in [0, 0.05) is 21.5 Å². The van der Waals surface area contributed by atoms with E-state index in [4.69, 9.17) is 0 Å². The van der Waals surface area contributed by atoms with E-state index in [0.717, 1.165) is 6.54 Å². The van der Waals surface area contributed by atoms with Crippen molar-refractivity contribution in [2.45, 2.75) is 45.6 Å². The summed E-state index contributed by atoms with van der Waals surface area (Å²) in [7, 11) is 0. The van der Waals surface area contributed by atoms with Gasteiger partial charge in [-0.1, -0.05) is 39.0 Å². The minimum absolute atomic E-state index is 0.595. The van der Waals surface area contributed by atoms with Gasteiger partial charge >= 0.3 is 0 Å². The standard InChI is InChI=1S/C16H23NS/c1-4-10-17-14(5-2)12(3)16-11-13-8-6-7-9-15(13)18-16/h6-9,11-12,14,17H,4-5,10H2,1-3H3. The highest BCUT2D eigenvalue weighted by atomic mass is 32.1. The Bertz CT molecular complexity index is 456. The summed E-state index contributed by atoms with van der Waals surface area (Å²) in [5, 5.41) is 5.05. The molecule has 2 rings (SSSR count). The maximum atomic E-state index is 3.67. The summed E-state index contributed by atoms with van der Waals surface area (Å²) in [4.78, 5) is 1.51. The van der Waals surface area contributed by atoms with E-state index in [1.54, 1.807) is 0 Å². The molecule has 1 aromatic carbocycles. The fourth-order valence-electron chi connectivity index (χ4n) is 2.43. The summed E-state index contributed by atoms with van der Waals surface area (Å²) in [6.07, 6.45) is 2.39. The molecule has 1 heterocycles. The van der Waals surface area contributed by atoms with Crippen LogP contribution in [0.25, 0.3) is 10.1 Å². The summed E-state index contributed by atoms with van der Waals surface area (Å²) in [6.45, 7) is 7.97. The van der Waals surface area contributed by atoms with E-state index in [1.807, 2.05) is 11.3 Å². The Morgan fingerprint density at radius 3 is 2.67 bits per heavy atom. The monoisotopic (exact) mass is 261 g/mol. The van der Waals surface area contributed by atoms with Gasteiger partial charge in [0.1, 0.15) is 0 Å². The average Bonchev–Trinajstić information content (AvgIpc) is 2.83. The molecule has 2 unspecified atom stereocenters. The van der Waals surface area contributed by atoms with Gasteiger partial charge < -0.3 is 5.32 Å². The Morgan fingerprint density at radius 1 is 1.22 bits per heavy atom. The van der Waals surface area contributed by atoms with Crippen LogP contribution < -0.4 is 5.32 Å². The third-order valence-corrected chi connectivity index (χ3v) is 4.91. The second-order valence-corrected chi connectivity index (χ2v) is 6.06. The molecule has 2 aromatic rings. The van der Waals surface area contributed by atoms with E-state index in [0.29, 0.717) is 12.0 Å². The highest BCUT2D eigenvalue weighted by Gasteiger charge is 2.18. The van der Waals surface area contributed by atoms with Crippen LogP contribution in [0.4, 0.5) is 0 Å². The molecular weight excluding hydrogens is 238 g/mol.